The van der Waals surface area contributed by atoms with Gasteiger partial charge in [0.15, 0.2) is 5.82 Å². The van der Waals surface area contributed by atoms with E-state index >= 15 is 0 Å². The summed E-state index contributed by atoms with van der Waals surface area (Å²) in [7, 11) is 0. The van der Waals surface area contributed by atoms with Crippen LogP contribution in [0, 0.1) is 6.92 Å². The molecule has 3 heterocycles. The van der Waals surface area contributed by atoms with E-state index in [1.807, 2.05) is 24.3 Å². The van der Waals surface area contributed by atoms with Gasteiger partial charge in [0, 0.05) is 47.2 Å². The lowest BCUT2D eigenvalue weighted by atomic mass is 9.96. The first-order chi connectivity index (χ1) is 17.0. The van der Waals surface area contributed by atoms with E-state index in [1.165, 1.54) is 6.33 Å². The highest BCUT2D eigenvalue weighted by Gasteiger charge is 2.27. The van der Waals surface area contributed by atoms with Gasteiger partial charge in [-0.15, -0.1) is 0 Å². The zero-order valence-corrected chi connectivity index (χ0v) is 20.4. The zero-order valence-electron chi connectivity index (χ0n) is 19.6. The molecule has 4 aromatic rings. The Bertz CT molecular complexity index is 1390. The molecular formula is C27H25ClN6O. The van der Waals surface area contributed by atoms with E-state index in [4.69, 9.17) is 21.6 Å². The van der Waals surface area contributed by atoms with Gasteiger partial charge in [-0.1, -0.05) is 42.8 Å². The number of hydrogen-bond acceptors (Lipinski definition) is 5. The van der Waals surface area contributed by atoms with Gasteiger partial charge in [0.05, 0.1) is 23.5 Å². The van der Waals surface area contributed by atoms with Crippen LogP contribution in [-0.2, 0) is 19.4 Å². The molecule has 35 heavy (non-hydrogen) atoms. The Kier molecular flexibility index (Phi) is 6.42. The van der Waals surface area contributed by atoms with Gasteiger partial charge in [-0.05, 0) is 42.7 Å². The van der Waals surface area contributed by atoms with Gasteiger partial charge < -0.3 is 10.2 Å². The number of aryl methyl sites for hydroxylation is 2. The molecule has 2 amide bonds. The Morgan fingerprint density at radius 3 is 2.69 bits per heavy atom. The van der Waals surface area contributed by atoms with Crippen molar-refractivity contribution in [3.8, 4) is 22.6 Å². The van der Waals surface area contributed by atoms with E-state index < -0.39 is 0 Å². The lowest BCUT2D eigenvalue weighted by Crippen LogP contribution is -2.39. The van der Waals surface area contributed by atoms with Crippen molar-refractivity contribution in [3.05, 3.63) is 88.6 Å². The number of carbonyl (C=O) groups is 1. The molecule has 176 valence electrons. The summed E-state index contributed by atoms with van der Waals surface area (Å²) in [5, 5.41) is 3.62. The molecule has 0 aliphatic carbocycles. The Morgan fingerprint density at radius 1 is 1.11 bits per heavy atom. The first-order valence-electron chi connectivity index (χ1n) is 11.6. The quantitative estimate of drug-likeness (QED) is 0.400. The number of anilines is 1. The van der Waals surface area contributed by atoms with Gasteiger partial charge in [0.25, 0.3) is 0 Å². The van der Waals surface area contributed by atoms with Crippen molar-refractivity contribution in [2.24, 2.45) is 0 Å². The maximum Gasteiger partial charge on any atom is 0.322 e. The molecule has 0 saturated carbocycles. The fourth-order valence-electron chi connectivity index (χ4n) is 4.32. The van der Waals surface area contributed by atoms with Crippen molar-refractivity contribution in [3.63, 3.8) is 0 Å². The fourth-order valence-corrected chi connectivity index (χ4v) is 4.58. The molecule has 5 rings (SSSR count). The van der Waals surface area contributed by atoms with E-state index in [0.29, 0.717) is 36.0 Å². The number of halogens is 1. The molecular weight excluding hydrogens is 460 g/mol. The second kappa shape index (κ2) is 9.80. The van der Waals surface area contributed by atoms with Crippen molar-refractivity contribution in [1.82, 2.24) is 24.8 Å². The summed E-state index contributed by atoms with van der Waals surface area (Å²) < 4.78 is 0. The number of aromatic nitrogens is 4. The van der Waals surface area contributed by atoms with E-state index in [0.717, 1.165) is 45.6 Å². The standard InChI is InChI=1S/C27H25ClN6O/c1-3-18-10-20(28)12-21(11-18)31-27(35)34-9-8-24-23(15-34)25(22-7-5-4-6-17(22)2)33-26(32-24)19-13-29-16-30-14-19/h4-7,10-14,16H,3,8-9,15H2,1-2H3,(H,31,35). The lowest BCUT2D eigenvalue weighted by Gasteiger charge is -2.30. The van der Waals surface area contributed by atoms with E-state index in [-0.39, 0.29) is 6.03 Å². The van der Waals surface area contributed by atoms with E-state index in [1.54, 1.807) is 23.4 Å². The third-order valence-electron chi connectivity index (χ3n) is 6.18. The number of benzene rings is 2. The maximum absolute atomic E-state index is 13.2. The Labute approximate surface area is 209 Å². The monoisotopic (exact) mass is 484 g/mol. The molecule has 0 bridgehead atoms. The highest BCUT2D eigenvalue weighted by molar-refractivity contribution is 6.31. The van der Waals surface area contributed by atoms with Crippen LogP contribution in [0.3, 0.4) is 0 Å². The number of carbonyl (C=O) groups excluding carboxylic acids is 1. The average Bonchev–Trinajstić information content (AvgIpc) is 2.88. The summed E-state index contributed by atoms with van der Waals surface area (Å²) in [6, 6.07) is 13.6. The number of urea groups is 1. The van der Waals surface area contributed by atoms with Crippen molar-refractivity contribution >= 4 is 23.3 Å². The summed E-state index contributed by atoms with van der Waals surface area (Å²) in [5.74, 6) is 0.589. The number of amides is 2. The molecule has 0 atom stereocenters. The topological polar surface area (TPSA) is 83.9 Å². The lowest BCUT2D eigenvalue weighted by molar-refractivity contribution is 0.206. The number of nitrogens with zero attached hydrogens (tertiary/aromatic N) is 5. The third-order valence-corrected chi connectivity index (χ3v) is 6.40. The van der Waals surface area contributed by atoms with Gasteiger partial charge >= 0.3 is 6.03 Å². The Hall–Kier alpha value is -3.84. The predicted octanol–water partition coefficient (Wildman–Crippen LogP) is 5.72. The molecule has 0 saturated heterocycles. The first kappa shape index (κ1) is 22.9. The number of hydrogen-bond donors (Lipinski definition) is 1. The first-order valence-corrected chi connectivity index (χ1v) is 12.0. The van der Waals surface area contributed by atoms with Crippen LogP contribution in [0.1, 0.15) is 29.3 Å². The second-order valence-corrected chi connectivity index (χ2v) is 9.00. The van der Waals surface area contributed by atoms with Gasteiger partial charge in [0.1, 0.15) is 6.33 Å². The van der Waals surface area contributed by atoms with E-state index in [2.05, 4.69) is 41.3 Å². The summed E-state index contributed by atoms with van der Waals surface area (Å²) in [6.07, 6.45) is 6.39. The largest absolute Gasteiger partial charge is 0.322 e. The summed E-state index contributed by atoms with van der Waals surface area (Å²) in [5.41, 5.74) is 7.40. The second-order valence-electron chi connectivity index (χ2n) is 8.57. The molecule has 7 nitrogen and oxygen atoms in total. The van der Waals surface area contributed by atoms with Crippen LogP contribution in [0.15, 0.2) is 61.2 Å². The van der Waals surface area contributed by atoms with Gasteiger partial charge in [-0.25, -0.2) is 24.7 Å². The minimum atomic E-state index is -0.170. The summed E-state index contributed by atoms with van der Waals surface area (Å²) >= 11 is 6.24. The zero-order chi connectivity index (χ0) is 24.4. The minimum Gasteiger partial charge on any atom is -0.320 e. The van der Waals surface area contributed by atoms with Crippen LogP contribution < -0.4 is 5.32 Å². The van der Waals surface area contributed by atoms with Crippen LogP contribution in [0.2, 0.25) is 5.02 Å². The van der Waals surface area contributed by atoms with Crippen molar-refractivity contribution in [2.75, 3.05) is 11.9 Å². The van der Waals surface area contributed by atoms with Crippen LogP contribution in [0.4, 0.5) is 10.5 Å². The molecule has 8 heteroatoms. The average molecular weight is 485 g/mol. The number of nitrogens with one attached hydrogen (secondary N) is 1. The highest BCUT2D eigenvalue weighted by atomic mass is 35.5. The third kappa shape index (κ3) is 4.86. The molecule has 0 unspecified atom stereocenters. The molecule has 2 aromatic heterocycles. The smallest absolute Gasteiger partial charge is 0.320 e. The number of rotatable bonds is 4. The van der Waals surface area contributed by atoms with Gasteiger partial charge in [-0.2, -0.15) is 0 Å². The van der Waals surface area contributed by atoms with Gasteiger partial charge in [-0.3, -0.25) is 0 Å². The molecule has 1 aliphatic rings. The SMILES string of the molecule is CCc1cc(Cl)cc(NC(=O)N2CCc3nc(-c4cncnc4)nc(-c4ccccc4C)c3C2)c1. The number of fused-ring (bicyclic) bond motifs is 1. The van der Waals surface area contributed by atoms with Crippen molar-refractivity contribution < 1.29 is 4.79 Å². The van der Waals surface area contributed by atoms with Crippen LogP contribution in [-0.4, -0.2) is 37.4 Å². The van der Waals surface area contributed by atoms with Crippen molar-refractivity contribution in [2.45, 2.75) is 33.2 Å². The maximum atomic E-state index is 13.2. The van der Waals surface area contributed by atoms with Crippen LogP contribution in [0.25, 0.3) is 22.6 Å². The Balaban J connectivity index is 1.50. The van der Waals surface area contributed by atoms with Crippen molar-refractivity contribution in [1.29, 1.82) is 0 Å². The Morgan fingerprint density at radius 2 is 1.91 bits per heavy atom. The highest BCUT2D eigenvalue weighted by Crippen LogP contribution is 2.32. The summed E-state index contributed by atoms with van der Waals surface area (Å²) in [4.78, 5) is 33.0. The minimum absolute atomic E-state index is 0.170. The summed E-state index contributed by atoms with van der Waals surface area (Å²) in [6.45, 7) is 5.08. The molecule has 0 fully saturated rings. The molecule has 1 N–H and O–H groups in total. The van der Waals surface area contributed by atoms with E-state index in [9.17, 15) is 4.79 Å². The molecule has 1 aliphatic heterocycles. The van der Waals surface area contributed by atoms with Crippen LogP contribution in [0.5, 0.6) is 0 Å². The normalized spacial score (nSPS) is 12.8. The molecule has 0 spiro atoms. The van der Waals surface area contributed by atoms with Crippen LogP contribution >= 0.6 is 11.6 Å². The molecule has 2 aromatic carbocycles. The fraction of sp³-hybridized carbons (Fsp3) is 0.222. The molecule has 0 radical (unpaired) electrons. The predicted molar refractivity (Wildman–Crippen MR) is 137 cm³/mol. The van der Waals surface area contributed by atoms with Gasteiger partial charge in [0.2, 0.25) is 0 Å².